The first-order valence-corrected chi connectivity index (χ1v) is 9.03. The first kappa shape index (κ1) is 20.5. The van der Waals surface area contributed by atoms with E-state index in [1.165, 1.54) is 17.5 Å². The maximum Gasteiger partial charge on any atom is 0.191 e. The van der Waals surface area contributed by atoms with Crippen molar-refractivity contribution in [2.45, 2.75) is 45.5 Å². The van der Waals surface area contributed by atoms with Crippen LogP contribution in [0.15, 0.2) is 29.3 Å². The molecule has 3 rings (SSSR count). The maximum atomic E-state index is 5.62. The van der Waals surface area contributed by atoms with E-state index in [1.807, 2.05) is 7.05 Å². The van der Waals surface area contributed by atoms with Crippen molar-refractivity contribution in [2.75, 3.05) is 26.7 Å². The van der Waals surface area contributed by atoms with Crippen LogP contribution in [0.3, 0.4) is 0 Å². The zero-order valence-corrected chi connectivity index (χ0v) is 17.8. The molecule has 6 heteroatoms. The Morgan fingerprint density at radius 3 is 2.76 bits per heavy atom. The van der Waals surface area contributed by atoms with Crippen molar-refractivity contribution < 1.29 is 4.74 Å². The van der Waals surface area contributed by atoms with E-state index in [0.29, 0.717) is 12.1 Å². The number of nitrogens with zero attached hydrogens (tertiary/aromatic N) is 2. The molecule has 2 fully saturated rings. The Morgan fingerprint density at radius 2 is 2.08 bits per heavy atom. The van der Waals surface area contributed by atoms with Gasteiger partial charge in [-0.15, -0.1) is 24.0 Å². The number of ether oxygens (including phenoxy) is 1. The van der Waals surface area contributed by atoms with Crippen LogP contribution in [-0.2, 0) is 17.8 Å². The molecule has 0 aromatic heterocycles. The molecule has 25 heavy (non-hydrogen) atoms. The van der Waals surface area contributed by atoms with Gasteiger partial charge in [0.15, 0.2) is 5.96 Å². The molecule has 3 atom stereocenters. The molecule has 2 N–H and O–H groups in total. The largest absolute Gasteiger partial charge is 0.376 e. The third kappa shape index (κ3) is 6.42. The second kappa shape index (κ2) is 9.73. The van der Waals surface area contributed by atoms with Gasteiger partial charge >= 0.3 is 0 Å². The number of hydrogen-bond donors (Lipinski definition) is 2. The van der Waals surface area contributed by atoms with Gasteiger partial charge in [-0.1, -0.05) is 31.2 Å². The molecule has 1 aromatic carbocycles. The Kier molecular flexibility index (Phi) is 7.96. The van der Waals surface area contributed by atoms with Crippen molar-refractivity contribution in [3.63, 3.8) is 0 Å². The van der Waals surface area contributed by atoms with E-state index >= 15 is 0 Å². The number of hydrogen-bond acceptors (Lipinski definition) is 3. The minimum Gasteiger partial charge on any atom is -0.376 e. The lowest BCUT2D eigenvalue weighted by molar-refractivity contribution is -0.0212. The first-order valence-electron chi connectivity index (χ1n) is 9.03. The fourth-order valence-corrected chi connectivity index (χ4v) is 3.21. The summed E-state index contributed by atoms with van der Waals surface area (Å²) in [7, 11) is 1.83. The Morgan fingerprint density at radius 1 is 1.32 bits per heavy atom. The summed E-state index contributed by atoms with van der Waals surface area (Å²) in [5.41, 5.74) is 2.66. The lowest BCUT2D eigenvalue weighted by Crippen LogP contribution is -2.40. The SMILES string of the molecule is CN=C(NCc1cccc(CN2CCOC(C)C2)c1)NC1CC1C.I. The van der Waals surface area contributed by atoms with Crippen molar-refractivity contribution in [3.8, 4) is 0 Å². The van der Waals surface area contributed by atoms with Crippen LogP contribution in [0.25, 0.3) is 0 Å². The molecule has 140 valence electrons. The smallest absolute Gasteiger partial charge is 0.191 e. The highest BCUT2D eigenvalue weighted by Crippen LogP contribution is 2.28. The number of benzene rings is 1. The van der Waals surface area contributed by atoms with Crippen LogP contribution < -0.4 is 10.6 Å². The lowest BCUT2D eigenvalue weighted by Gasteiger charge is -2.31. The van der Waals surface area contributed by atoms with Crippen molar-refractivity contribution in [1.29, 1.82) is 0 Å². The third-order valence-corrected chi connectivity index (χ3v) is 4.84. The second-order valence-corrected chi connectivity index (χ2v) is 7.13. The number of halogens is 1. The summed E-state index contributed by atoms with van der Waals surface area (Å²) in [5.74, 6) is 1.67. The summed E-state index contributed by atoms with van der Waals surface area (Å²) in [6.45, 7) is 9.07. The van der Waals surface area contributed by atoms with Gasteiger partial charge in [0, 0.05) is 39.3 Å². The molecule has 0 radical (unpaired) electrons. The average Bonchev–Trinajstić information content (AvgIpc) is 3.27. The van der Waals surface area contributed by atoms with Gasteiger partial charge in [-0.05, 0) is 30.4 Å². The van der Waals surface area contributed by atoms with Crippen LogP contribution in [0.4, 0.5) is 0 Å². The monoisotopic (exact) mass is 458 g/mol. The van der Waals surface area contributed by atoms with E-state index in [2.05, 4.69) is 58.6 Å². The van der Waals surface area contributed by atoms with Crippen LogP contribution in [0.1, 0.15) is 31.4 Å². The predicted octanol–water partition coefficient (Wildman–Crippen LogP) is 2.60. The Labute approximate surface area is 168 Å². The van der Waals surface area contributed by atoms with Crippen molar-refractivity contribution in [3.05, 3.63) is 35.4 Å². The number of nitrogens with one attached hydrogen (secondary N) is 2. The predicted molar refractivity (Wildman–Crippen MR) is 113 cm³/mol. The molecule has 0 bridgehead atoms. The fourth-order valence-electron chi connectivity index (χ4n) is 3.21. The Bertz CT molecular complexity index is 580. The van der Waals surface area contributed by atoms with Gasteiger partial charge in [0.1, 0.15) is 0 Å². The molecule has 1 aromatic rings. The highest BCUT2D eigenvalue weighted by atomic mass is 127. The van der Waals surface area contributed by atoms with Gasteiger partial charge < -0.3 is 15.4 Å². The summed E-state index contributed by atoms with van der Waals surface area (Å²) in [5, 5.41) is 6.88. The minimum absolute atomic E-state index is 0. The van der Waals surface area contributed by atoms with Crippen LogP contribution in [0, 0.1) is 5.92 Å². The summed E-state index contributed by atoms with van der Waals surface area (Å²) in [4.78, 5) is 6.78. The molecule has 5 nitrogen and oxygen atoms in total. The van der Waals surface area contributed by atoms with Gasteiger partial charge in [-0.2, -0.15) is 0 Å². The summed E-state index contributed by atoms with van der Waals surface area (Å²) in [6.07, 6.45) is 1.58. The van der Waals surface area contributed by atoms with Crippen molar-refractivity contribution in [1.82, 2.24) is 15.5 Å². The topological polar surface area (TPSA) is 48.9 Å². The number of guanidine groups is 1. The summed E-state index contributed by atoms with van der Waals surface area (Å²) in [6, 6.07) is 9.41. The van der Waals surface area contributed by atoms with E-state index in [0.717, 1.165) is 44.7 Å². The third-order valence-electron chi connectivity index (χ3n) is 4.84. The van der Waals surface area contributed by atoms with Gasteiger partial charge in [0.05, 0.1) is 12.7 Å². The fraction of sp³-hybridized carbons (Fsp3) is 0.632. The zero-order valence-electron chi connectivity index (χ0n) is 15.5. The van der Waals surface area contributed by atoms with E-state index < -0.39 is 0 Å². The molecule has 2 aliphatic rings. The van der Waals surface area contributed by atoms with Gasteiger partial charge in [-0.25, -0.2) is 0 Å². The Balaban J connectivity index is 0.00000225. The van der Waals surface area contributed by atoms with Gasteiger partial charge in [0.2, 0.25) is 0 Å². The van der Waals surface area contributed by atoms with E-state index in [9.17, 15) is 0 Å². The molecule has 0 amide bonds. The molecule has 0 spiro atoms. The van der Waals surface area contributed by atoms with E-state index in [1.54, 1.807) is 0 Å². The van der Waals surface area contributed by atoms with Crippen molar-refractivity contribution >= 4 is 29.9 Å². The van der Waals surface area contributed by atoms with Gasteiger partial charge in [0.25, 0.3) is 0 Å². The highest BCUT2D eigenvalue weighted by molar-refractivity contribution is 14.0. The Hall–Kier alpha value is -0.860. The first-order chi connectivity index (χ1) is 11.6. The summed E-state index contributed by atoms with van der Waals surface area (Å²) >= 11 is 0. The number of aliphatic imine (C=N–C) groups is 1. The molecule has 1 saturated carbocycles. The van der Waals surface area contributed by atoms with Crippen LogP contribution in [0.2, 0.25) is 0 Å². The van der Waals surface area contributed by atoms with E-state index in [-0.39, 0.29) is 24.0 Å². The zero-order chi connectivity index (χ0) is 16.9. The summed E-state index contributed by atoms with van der Waals surface area (Å²) < 4.78 is 5.62. The highest BCUT2D eigenvalue weighted by Gasteiger charge is 2.33. The average molecular weight is 458 g/mol. The molecular formula is C19H31IN4O. The second-order valence-electron chi connectivity index (χ2n) is 7.13. The van der Waals surface area contributed by atoms with Crippen LogP contribution in [0.5, 0.6) is 0 Å². The van der Waals surface area contributed by atoms with Gasteiger partial charge in [-0.3, -0.25) is 9.89 Å². The van der Waals surface area contributed by atoms with Crippen LogP contribution >= 0.6 is 24.0 Å². The molecule has 3 unspecified atom stereocenters. The van der Waals surface area contributed by atoms with Crippen molar-refractivity contribution in [2.24, 2.45) is 10.9 Å². The van der Waals surface area contributed by atoms with E-state index in [4.69, 9.17) is 4.74 Å². The normalized spacial score (nSPS) is 26.7. The number of rotatable bonds is 5. The quantitative estimate of drug-likeness (QED) is 0.405. The molecular weight excluding hydrogens is 427 g/mol. The maximum absolute atomic E-state index is 5.62. The molecule has 1 heterocycles. The molecule has 1 saturated heterocycles. The van der Waals surface area contributed by atoms with Crippen LogP contribution in [-0.4, -0.2) is 49.7 Å². The standard InChI is InChI=1S/C19H30N4O.HI/c1-14-9-18(14)22-19(20-3)21-11-16-5-4-6-17(10-16)13-23-7-8-24-15(2)12-23;/h4-6,10,14-15,18H,7-9,11-13H2,1-3H3,(H2,20,21,22);1H. The number of morpholine rings is 1. The minimum atomic E-state index is 0. The molecule has 1 aliphatic heterocycles. The lowest BCUT2D eigenvalue weighted by atomic mass is 10.1. The molecule has 1 aliphatic carbocycles.